The number of likely N-dealkylation sites (tertiary alicyclic amines) is 1. The first-order chi connectivity index (χ1) is 10.1. The molecule has 21 heavy (non-hydrogen) atoms. The largest absolute Gasteiger partial charge is 0.339 e. The zero-order chi connectivity index (χ0) is 15.0. The monoisotopic (exact) mass is 289 g/mol. The molecule has 2 aromatic rings. The molecule has 3 rings (SSSR count). The standard InChI is InChI=1S/C14H19N5O2/c1-8(2)13-17-12(18-21-13)11-5-4-6-19(11)14(20)10-7-15-9(3)16-10/h7-8,11H,4-6H2,1-3H3,(H,15,16). The van der Waals surface area contributed by atoms with Crippen molar-refractivity contribution in [3.05, 3.63) is 29.4 Å². The van der Waals surface area contributed by atoms with E-state index in [0.29, 0.717) is 24.0 Å². The zero-order valence-electron chi connectivity index (χ0n) is 12.5. The highest BCUT2D eigenvalue weighted by Crippen LogP contribution is 2.31. The summed E-state index contributed by atoms with van der Waals surface area (Å²) in [7, 11) is 0. The lowest BCUT2D eigenvalue weighted by Gasteiger charge is -2.21. The third-order valence-corrected chi connectivity index (χ3v) is 3.70. The maximum atomic E-state index is 12.6. The Morgan fingerprint density at radius 1 is 1.52 bits per heavy atom. The molecule has 0 spiro atoms. The van der Waals surface area contributed by atoms with Gasteiger partial charge in [0.15, 0.2) is 5.82 Å². The van der Waals surface area contributed by atoms with E-state index in [0.717, 1.165) is 18.7 Å². The van der Waals surface area contributed by atoms with E-state index in [4.69, 9.17) is 4.52 Å². The van der Waals surface area contributed by atoms with E-state index in [1.807, 2.05) is 20.8 Å². The summed E-state index contributed by atoms with van der Waals surface area (Å²) in [4.78, 5) is 25.8. The number of imidazole rings is 1. The Labute approximate surface area is 122 Å². The Bertz CT molecular complexity index is 645. The number of rotatable bonds is 3. The van der Waals surface area contributed by atoms with E-state index < -0.39 is 0 Å². The van der Waals surface area contributed by atoms with Crippen LogP contribution in [0, 0.1) is 6.92 Å². The van der Waals surface area contributed by atoms with E-state index in [2.05, 4.69) is 20.1 Å². The molecule has 7 heteroatoms. The Morgan fingerprint density at radius 2 is 2.33 bits per heavy atom. The molecule has 0 aromatic carbocycles. The van der Waals surface area contributed by atoms with Gasteiger partial charge < -0.3 is 14.4 Å². The molecular weight excluding hydrogens is 270 g/mol. The number of hydrogen-bond acceptors (Lipinski definition) is 5. The number of nitrogens with zero attached hydrogens (tertiary/aromatic N) is 4. The van der Waals surface area contributed by atoms with Crippen LogP contribution in [-0.2, 0) is 0 Å². The number of amides is 1. The van der Waals surface area contributed by atoms with Gasteiger partial charge in [-0.15, -0.1) is 0 Å². The SMILES string of the molecule is Cc1ncc(C(=O)N2CCCC2c2noc(C(C)C)n2)[nH]1. The van der Waals surface area contributed by atoms with Crippen molar-refractivity contribution in [1.82, 2.24) is 25.0 Å². The van der Waals surface area contributed by atoms with Gasteiger partial charge in [-0.25, -0.2) is 4.98 Å². The normalized spacial score (nSPS) is 18.7. The number of aryl methyl sites for hydroxylation is 1. The first kappa shape index (κ1) is 13.8. The van der Waals surface area contributed by atoms with Crippen LogP contribution < -0.4 is 0 Å². The van der Waals surface area contributed by atoms with Crippen molar-refractivity contribution in [2.45, 2.75) is 45.6 Å². The van der Waals surface area contributed by atoms with Crippen LogP contribution in [-0.4, -0.2) is 37.5 Å². The Morgan fingerprint density at radius 3 is 2.95 bits per heavy atom. The number of carbonyl (C=O) groups excluding carboxylic acids is 1. The van der Waals surface area contributed by atoms with E-state index in [-0.39, 0.29) is 17.9 Å². The van der Waals surface area contributed by atoms with E-state index in [9.17, 15) is 4.79 Å². The molecule has 1 aliphatic heterocycles. The van der Waals surface area contributed by atoms with Gasteiger partial charge in [0.2, 0.25) is 5.89 Å². The number of carbonyl (C=O) groups is 1. The van der Waals surface area contributed by atoms with Crippen LogP contribution in [0.4, 0.5) is 0 Å². The number of aromatic amines is 1. The summed E-state index contributed by atoms with van der Waals surface area (Å²) in [5, 5.41) is 4.05. The molecule has 2 aromatic heterocycles. The van der Waals surface area contributed by atoms with Gasteiger partial charge >= 0.3 is 0 Å². The molecule has 0 bridgehead atoms. The molecule has 1 amide bonds. The lowest BCUT2D eigenvalue weighted by molar-refractivity contribution is 0.0723. The molecule has 1 N–H and O–H groups in total. The second-order valence-electron chi connectivity index (χ2n) is 5.68. The summed E-state index contributed by atoms with van der Waals surface area (Å²) >= 11 is 0. The molecule has 0 aliphatic carbocycles. The number of H-pyrrole nitrogens is 1. The first-order valence-electron chi connectivity index (χ1n) is 7.22. The van der Waals surface area contributed by atoms with Gasteiger partial charge in [-0.05, 0) is 19.8 Å². The van der Waals surface area contributed by atoms with Crippen molar-refractivity contribution in [2.24, 2.45) is 0 Å². The smallest absolute Gasteiger partial charge is 0.272 e. The van der Waals surface area contributed by atoms with Gasteiger partial charge in [0.05, 0.1) is 12.2 Å². The second kappa shape index (κ2) is 5.31. The minimum Gasteiger partial charge on any atom is -0.339 e. The van der Waals surface area contributed by atoms with Crippen LogP contribution in [0.3, 0.4) is 0 Å². The molecular formula is C14H19N5O2. The maximum Gasteiger partial charge on any atom is 0.272 e. The van der Waals surface area contributed by atoms with Crippen molar-refractivity contribution in [3.8, 4) is 0 Å². The van der Waals surface area contributed by atoms with Crippen LogP contribution in [0.5, 0.6) is 0 Å². The Balaban J connectivity index is 1.83. The predicted molar refractivity (Wildman–Crippen MR) is 74.7 cm³/mol. The average molecular weight is 289 g/mol. The van der Waals surface area contributed by atoms with Gasteiger partial charge in [0, 0.05) is 12.5 Å². The molecule has 1 fully saturated rings. The topological polar surface area (TPSA) is 87.9 Å². The Kier molecular flexibility index (Phi) is 3.48. The van der Waals surface area contributed by atoms with Gasteiger partial charge in [-0.1, -0.05) is 19.0 Å². The van der Waals surface area contributed by atoms with E-state index in [1.54, 1.807) is 11.1 Å². The molecule has 0 radical (unpaired) electrons. The molecule has 3 heterocycles. The summed E-state index contributed by atoms with van der Waals surface area (Å²) in [6, 6.07) is -0.114. The zero-order valence-corrected chi connectivity index (χ0v) is 12.5. The van der Waals surface area contributed by atoms with Crippen LogP contribution in [0.2, 0.25) is 0 Å². The second-order valence-corrected chi connectivity index (χ2v) is 5.68. The van der Waals surface area contributed by atoms with Crippen LogP contribution in [0.25, 0.3) is 0 Å². The van der Waals surface area contributed by atoms with Gasteiger partial charge in [0.1, 0.15) is 11.5 Å². The van der Waals surface area contributed by atoms with Gasteiger partial charge in [-0.3, -0.25) is 4.79 Å². The highest BCUT2D eigenvalue weighted by atomic mass is 16.5. The predicted octanol–water partition coefficient (Wildman–Crippen LogP) is 2.20. The van der Waals surface area contributed by atoms with Crippen molar-refractivity contribution < 1.29 is 9.32 Å². The molecule has 1 aliphatic rings. The quantitative estimate of drug-likeness (QED) is 0.935. The Hall–Kier alpha value is -2.18. The minimum absolute atomic E-state index is 0.0611. The summed E-state index contributed by atoms with van der Waals surface area (Å²) in [5.74, 6) is 2.07. The van der Waals surface area contributed by atoms with Crippen LogP contribution in [0.15, 0.2) is 10.7 Å². The fourth-order valence-corrected chi connectivity index (χ4v) is 2.58. The van der Waals surface area contributed by atoms with Crippen LogP contribution in [0.1, 0.15) is 66.7 Å². The first-order valence-corrected chi connectivity index (χ1v) is 7.22. The summed E-state index contributed by atoms with van der Waals surface area (Å²) < 4.78 is 5.26. The number of hydrogen-bond donors (Lipinski definition) is 1. The molecule has 1 saturated heterocycles. The minimum atomic E-state index is -0.114. The fourth-order valence-electron chi connectivity index (χ4n) is 2.58. The lowest BCUT2D eigenvalue weighted by Crippen LogP contribution is -2.31. The third-order valence-electron chi connectivity index (χ3n) is 3.70. The van der Waals surface area contributed by atoms with Crippen molar-refractivity contribution in [2.75, 3.05) is 6.54 Å². The molecule has 112 valence electrons. The summed E-state index contributed by atoms with van der Waals surface area (Å²) in [5.41, 5.74) is 0.506. The lowest BCUT2D eigenvalue weighted by atomic mass is 10.2. The molecule has 7 nitrogen and oxygen atoms in total. The maximum absolute atomic E-state index is 12.6. The van der Waals surface area contributed by atoms with Crippen LogP contribution >= 0.6 is 0 Å². The van der Waals surface area contributed by atoms with Gasteiger partial charge in [0.25, 0.3) is 5.91 Å². The molecule has 0 saturated carbocycles. The molecule has 1 unspecified atom stereocenters. The number of nitrogens with one attached hydrogen (secondary N) is 1. The van der Waals surface area contributed by atoms with Gasteiger partial charge in [-0.2, -0.15) is 4.98 Å². The van der Waals surface area contributed by atoms with Crippen molar-refractivity contribution in [3.63, 3.8) is 0 Å². The summed E-state index contributed by atoms with van der Waals surface area (Å²) in [6.07, 6.45) is 3.37. The number of aromatic nitrogens is 4. The summed E-state index contributed by atoms with van der Waals surface area (Å²) in [6.45, 7) is 6.53. The van der Waals surface area contributed by atoms with E-state index >= 15 is 0 Å². The average Bonchev–Trinajstić information content (AvgIpc) is 3.17. The van der Waals surface area contributed by atoms with Crippen molar-refractivity contribution >= 4 is 5.91 Å². The highest BCUT2D eigenvalue weighted by Gasteiger charge is 2.34. The third kappa shape index (κ3) is 2.55. The van der Waals surface area contributed by atoms with Crippen molar-refractivity contribution in [1.29, 1.82) is 0 Å². The molecule has 1 atom stereocenters. The highest BCUT2D eigenvalue weighted by molar-refractivity contribution is 5.92. The van der Waals surface area contributed by atoms with E-state index in [1.165, 1.54) is 0 Å². The fraction of sp³-hybridized carbons (Fsp3) is 0.571.